The average Bonchev–Trinajstić information content (AvgIpc) is 2.65. The minimum absolute atomic E-state index is 0.0126. The molecule has 1 atom stereocenters. The van der Waals surface area contributed by atoms with Crippen molar-refractivity contribution in [3.63, 3.8) is 0 Å². The summed E-state index contributed by atoms with van der Waals surface area (Å²) in [6, 6.07) is 0.0126. The molecule has 0 fully saturated rings. The number of rotatable bonds is 8. The molecule has 20 heavy (non-hydrogen) atoms. The molecule has 114 valence electrons. The Morgan fingerprint density at radius 2 is 2.15 bits per heavy atom. The Morgan fingerprint density at radius 1 is 1.50 bits per heavy atom. The minimum atomic E-state index is -0.358. The largest absolute Gasteiger partial charge is 0.361 e. The number of nitro groups is 1. The molecule has 1 aromatic rings. The van der Waals surface area contributed by atoms with Gasteiger partial charge < -0.3 is 11.1 Å². The number of aryl methyl sites for hydroxylation is 2. The highest BCUT2D eigenvalue weighted by Gasteiger charge is 2.27. The van der Waals surface area contributed by atoms with Crippen molar-refractivity contribution in [1.82, 2.24) is 9.78 Å². The number of aromatic nitrogens is 2. The van der Waals surface area contributed by atoms with E-state index in [0.717, 1.165) is 12.8 Å². The Kier molecular flexibility index (Phi) is 5.94. The second kappa shape index (κ2) is 7.23. The molecule has 0 radical (unpaired) electrons. The molecular weight excluding hydrogens is 258 g/mol. The maximum absolute atomic E-state index is 11.3. The van der Waals surface area contributed by atoms with E-state index in [1.807, 2.05) is 6.92 Å². The predicted octanol–water partition coefficient (Wildman–Crippen LogP) is 2.07. The van der Waals surface area contributed by atoms with Crippen molar-refractivity contribution in [3.8, 4) is 0 Å². The Morgan fingerprint density at radius 3 is 2.60 bits per heavy atom. The van der Waals surface area contributed by atoms with Crippen LogP contribution in [0, 0.1) is 16.0 Å². The van der Waals surface area contributed by atoms with Crippen LogP contribution in [0.15, 0.2) is 0 Å². The van der Waals surface area contributed by atoms with Crippen LogP contribution in [-0.4, -0.2) is 27.3 Å². The topological polar surface area (TPSA) is 99.0 Å². The van der Waals surface area contributed by atoms with Gasteiger partial charge in [0.25, 0.3) is 0 Å². The Hall–Kier alpha value is -1.63. The van der Waals surface area contributed by atoms with E-state index >= 15 is 0 Å². The van der Waals surface area contributed by atoms with Crippen molar-refractivity contribution in [2.45, 2.75) is 46.1 Å². The highest BCUT2D eigenvalue weighted by molar-refractivity contribution is 5.60. The van der Waals surface area contributed by atoms with E-state index in [4.69, 9.17) is 5.73 Å². The summed E-state index contributed by atoms with van der Waals surface area (Å²) in [5.74, 6) is 0.924. The summed E-state index contributed by atoms with van der Waals surface area (Å²) >= 11 is 0. The van der Waals surface area contributed by atoms with Crippen LogP contribution in [-0.2, 0) is 13.5 Å². The second-order valence-corrected chi connectivity index (χ2v) is 5.48. The van der Waals surface area contributed by atoms with Crippen LogP contribution >= 0.6 is 0 Å². The zero-order valence-electron chi connectivity index (χ0n) is 12.7. The summed E-state index contributed by atoms with van der Waals surface area (Å²) in [6.07, 6.45) is 2.29. The molecule has 0 saturated heterocycles. The molecule has 1 aromatic heterocycles. The Labute approximate surface area is 119 Å². The van der Waals surface area contributed by atoms with Gasteiger partial charge in [-0.05, 0) is 18.8 Å². The first-order valence-electron chi connectivity index (χ1n) is 7.07. The quantitative estimate of drug-likeness (QED) is 0.562. The van der Waals surface area contributed by atoms with E-state index < -0.39 is 0 Å². The van der Waals surface area contributed by atoms with Gasteiger partial charge in [-0.15, -0.1) is 0 Å². The van der Waals surface area contributed by atoms with E-state index in [9.17, 15) is 10.1 Å². The molecule has 0 aliphatic rings. The van der Waals surface area contributed by atoms with Crippen molar-refractivity contribution < 1.29 is 4.92 Å². The van der Waals surface area contributed by atoms with Crippen LogP contribution in [0.3, 0.4) is 0 Å². The summed E-state index contributed by atoms with van der Waals surface area (Å²) in [7, 11) is 1.72. The monoisotopic (exact) mass is 283 g/mol. The van der Waals surface area contributed by atoms with Crippen molar-refractivity contribution in [2.75, 3.05) is 11.9 Å². The average molecular weight is 283 g/mol. The number of nitrogens with zero attached hydrogens (tertiary/aromatic N) is 3. The zero-order valence-corrected chi connectivity index (χ0v) is 12.7. The summed E-state index contributed by atoms with van der Waals surface area (Å²) in [5, 5.41) is 18.8. The molecule has 0 saturated carbocycles. The molecule has 0 aliphatic heterocycles. The maximum atomic E-state index is 11.3. The first kappa shape index (κ1) is 16.4. The number of anilines is 1. The Bertz CT molecular complexity index is 456. The lowest BCUT2D eigenvalue weighted by atomic mass is 10.0. The van der Waals surface area contributed by atoms with Crippen molar-refractivity contribution >= 4 is 11.5 Å². The van der Waals surface area contributed by atoms with Crippen LogP contribution in [0.25, 0.3) is 0 Å². The number of hydrogen-bond acceptors (Lipinski definition) is 5. The minimum Gasteiger partial charge on any atom is -0.361 e. The van der Waals surface area contributed by atoms with Gasteiger partial charge in [0.1, 0.15) is 5.69 Å². The van der Waals surface area contributed by atoms with Crippen LogP contribution < -0.4 is 11.1 Å². The van der Waals surface area contributed by atoms with Gasteiger partial charge in [0, 0.05) is 19.6 Å². The fourth-order valence-electron chi connectivity index (χ4n) is 2.30. The molecule has 1 heterocycles. The van der Waals surface area contributed by atoms with E-state index in [0.29, 0.717) is 30.4 Å². The Balaban J connectivity index is 3.06. The summed E-state index contributed by atoms with van der Waals surface area (Å²) in [5.41, 5.74) is 6.36. The smallest absolute Gasteiger partial charge is 0.333 e. The fourth-order valence-corrected chi connectivity index (χ4v) is 2.30. The normalized spacial score (nSPS) is 12.7. The number of nitrogens with one attached hydrogen (secondary N) is 1. The zero-order chi connectivity index (χ0) is 15.3. The highest BCUT2D eigenvalue weighted by Crippen LogP contribution is 2.30. The van der Waals surface area contributed by atoms with Gasteiger partial charge >= 0.3 is 5.69 Å². The molecule has 1 rings (SSSR count). The second-order valence-electron chi connectivity index (χ2n) is 5.48. The maximum Gasteiger partial charge on any atom is 0.333 e. The summed E-state index contributed by atoms with van der Waals surface area (Å²) in [4.78, 5) is 10.9. The van der Waals surface area contributed by atoms with Gasteiger partial charge in [0.15, 0.2) is 0 Å². The summed E-state index contributed by atoms with van der Waals surface area (Å²) in [6.45, 7) is 6.62. The van der Waals surface area contributed by atoms with Gasteiger partial charge in [0.2, 0.25) is 5.82 Å². The first-order chi connectivity index (χ1) is 9.40. The van der Waals surface area contributed by atoms with E-state index in [-0.39, 0.29) is 16.7 Å². The highest BCUT2D eigenvalue weighted by atomic mass is 16.6. The third-order valence-corrected chi connectivity index (χ3v) is 3.14. The van der Waals surface area contributed by atoms with Gasteiger partial charge in [-0.3, -0.25) is 10.1 Å². The molecule has 0 amide bonds. The third kappa shape index (κ3) is 3.93. The van der Waals surface area contributed by atoms with Crippen LogP contribution in [0.4, 0.5) is 11.5 Å². The molecule has 0 spiro atoms. The summed E-state index contributed by atoms with van der Waals surface area (Å²) < 4.78 is 1.55. The van der Waals surface area contributed by atoms with Crippen molar-refractivity contribution in [3.05, 3.63) is 15.8 Å². The SMILES string of the molecule is CCCc1nn(C)c(NC(CN)CC(C)C)c1[N+](=O)[O-]. The predicted molar refractivity (Wildman–Crippen MR) is 79.8 cm³/mol. The molecule has 7 nitrogen and oxygen atoms in total. The lowest BCUT2D eigenvalue weighted by molar-refractivity contribution is -0.384. The third-order valence-electron chi connectivity index (χ3n) is 3.14. The van der Waals surface area contributed by atoms with Crippen LogP contribution in [0.1, 0.15) is 39.3 Å². The lowest BCUT2D eigenvalue weighted by Gasteiger charge is -2.19. The molecule has 0 aromatic carbocycles. The van der Waals surface area contributed by atoms with E-state index in [2.05, 4.69) is 24.3 Å². The number of hydrogen-bond donors (Lipinski definition) is 2. The molecule has 7 heteroatoms. The first-order valence-corrected chi connectivity index (χ1v) is 7.07. The van der Waals surface area contributed by atoms with Gasteiger partial charge in [-0.25, -0.2) is 4.68 Å². The fraction of sp³-hybridized carbons (Fsp3) is 0.769. The molecule has 0 aliphatic carbocycles. The van der Waals surface area contributed by atoms with Gasteiger partial charge in [0.05, 0.1) is 4.92 Å². The van der Waals surface area contributed by atoms with Crippen LogP contribution in [0.5, 0.6) is 0 Å². The van der Waals surface area contributed by atoms with Crippen molar-refractivity contribution in [1.29, 1.82) is 0 Å². The van der Waals surface area contributed by atoms with Gasteiger partial charge in [-0.1, -0.05) is 27.2 Å². The van der Waals surface area contributed by atoms with Crippen molar-refractivity contribution in [2.24, 2.45) is 18.7 Å². The lowest BCUT2D eigenvalue weighted by Crippen LogP contribution is -2.31. The molecular formula is C13H25N5O2. The standard InChI is InChI=1S/C13H25N5O2/c1-5-6-11-12(18(19)20)13(17(4)16-11)15-10(8-14)7-9(2)3/h9-10,15H,5-8,14H2,1-4H3. The number of nitrogens with two attached hydrogens (primary N) is 1. The van der Waals surface area contributed by atoms with E-state index in [1.165, 1.54) is 0 Å². The molecule has 3 N–H and O–H groups in total. The van der Waals surface area contributed by atoms with E-state index in [1.54, 1.807) is 11.7 Å². The van der Waals surface area contributed by atoms with Gasteiger partial charge in [-0.2, -0.15) is 5.10 Å². The molecule has 0 bridgehead atoms. The van der Waals surface area contributed by atoms with Crippen LogP contribution in [0.2, 0.25) is 0 Å². The molecule has 1 unspecified atom stereocenters.